The van der Waals surface area contributed by atoms with Crippen LogP contribution < -0.4 is 10.2 Å². The average Bonchev–Trinajstić information content (AvgIpc) is 3.25. The Bertz CT molecular complexity index is 962. The van der Waals surface area contributed by atoms with Crippen LogP contribution in [0.3, 0.4) is 0 Å². The van der Waals surface area contributed by atoms with Crippen LogP contribution in [0.4, 0.5) is 11.4 Å². The molecule has 4 rings (SSSR count). The Labute approximate surface area is 163 Å². The van der Waals surface area contributed by atoms with Crippen molar-refractivity contribution in [3.8, 4) is 5.69 Å². The number of nitrogens with zero attached hydrogens (tertiary/aromatic N) is 6. The molecule has 28 heavy (non-hydrogen) atoms. The molecule has 2 aromatic carbocycles. The predicted octanol–water partition coefficient (Wildman–Crippen LogP) is 1.97. The van der Waals surface area contributed by atoms with Crippen LogP contribution in [0.5, 0.6) is 0 Å². The molecule has 144 valence electrons. The minimum Gasteiger partial charge on any atom is -0.369 e. The lowest BCUT2D eigenvalue weighted by Crippen LogP contribution is -2.44. The van der Waals surface area contributed by atoms with Crippen LogP contribution in [-0.4, -0.2) is 64.2 Å². The molecule has 0 bridgehead atoms. The molecule has 0 atom stereocenters. The van der Waals surface area contributed by atoms with Crippen molar-refractivity contribution in [3.05, 3.63) is 59.9 Å². The first-order valence-electron chi connectivity index (χ1n) is 9.29. The summed E-state index contributed by atoms with van der Waals surface area (Å²) in [5, 5.41) is 14.1. The van der Waals surface area contributed by atoms with Crippen molar-refractivity contribution in [1.29, 1.82) is 0 Å². The van der Waals surface area contributed by atoms with Crippen molar-refractivity contribution in [2.24, 2.45) is 0 Å². The van der Waals surface area contributed by atoms with Crippen molar-refractivity contribution in [2.45, 2.75) is 6.92 Å². The molecule has 1 aliphatic rings. The quantitative estimate of drug-likeness (QED) is 0.749. The standard InChI is InChI=1S/C20H23N7O/c1-15-12-17(26-10-8-25(2)9-11-26)6-7-19(15)22-20(28)16-4-3-5-18(13-16)27-14-21-23-24-27/h3-7,12-14H,8-11H2,1-2H3,(H,22,28). The Kier molecular flexibility index (Phi) is 5.03. The summed E-state index contributed by atoms with van der Waals surface area (Å²) in [5.41, 5.74) is 4.34. The van der Waals surface area contributed by atoms with Gasteiger partial charge in [-0.2, -0.15) is 0 Å². The average molecular weight is 377 g/mol. The number of aryl methyl sites for hydroxylation is 1. The number of tetrazole rings is 1. The van der Waals surface area contributed by atoms with Crippen molar-refractivity contribution >= 4 is 17.3 Å². The summed E-state index contributed by atoms with van der Waals surface area (Å²) in [6.45, 7) is 6.19. The highest BCUT2D eigenvalue weighted by Crippen LogP contribution is 2.24. The maximum atomic E-state index is 12.7. The molecule has 8 heteroatoms. The van der Waals surface area contributed by atoms with Crippen LogP contribution >= 0.6 is 0 Å². The summed E-state index contributed by atoms with van der Waals surface area (Å²) in [7, 11) is 2.15. The normalized spacial score (nSPS) is 14.9. The lowest BCUT2D eigenvalue weighted by atomic mass is 10.1. The van der Waals surface area contributed by atoms with Crippen molar-refractivity contribution in [2.75, 3.05) is 43.4 Å². The SMILES string of the molecule is Cc1cc(N2CCN(C)CC2)ccc1NC(=O)c1cccc(-n2cnnn2)c1. The van der Waals surface area contributed by atoms with Gasteiger partial charge >= 0.3 is 0 Å². The van der Waals surface area contributed by atoms with Gasteiger partial charge in [0.05, 0.1) is 5.69 Å². The smallest absolute Gasteiger partial charge is 0.255 e. The third kappa shape index (κ3) is 3.86. The van der Waals surface area contributed by atoms with Gasteiger partial charge in [0.2, 0.25) is 0 Å². The van der Waals surface area contributed by atoms with E-state index in [1.165, 1.54) is 16.7 Å². The van der Waals surface area contributed by atoms with Crippen LogP contribution in [0.1, 0.15) is 15.9 Å². The van der Waals surface area contributed by atoms with Gasteiger partial charge in [0.1, 0.15) is 6.33 Å². The molecule has 1 amide bonds. The monoisotopic (exact) mass is 377 g/mol. The number of nitrogens with one attached hydrogen (secondary N) is 1. The highest BCUT2D eigenvalue weighted by atomic mass is 16.1. The summed E-state index contributed by atoms with van der Waals surface area (Å²) in [4.78, 5) is 17.4. The molecule has 0 spiro atoms. The summed E-state index contributed by atoms with van der Waals surface area (Å²) in [5.74, 6) is -0.162. The van der Waals surface area contributed by atoms with E-state index in [4.69, 9.17) is 0 Å². The first-order chi connectivity index (χ1) is 13.6. The third-order valence-corrected chi connectivity index (χ3v) is 5.05. The van der Waals surface area contributed by atoms with Crippen molar-refractivity contribution in [1.82, 2.24) is 25.1 Å². The van der Waals surface area contributed by atoms with Gasteiger partial charge in [0.15, 0.2) is 0 Å². The van der Waals surface area contributed by atoms with E-state index in [1.807, 2.05) is 25.1 Å². The maximum absolute atomic E-state index is 12.7. The fourth-order valence-electron chi connectivity index (χ4n) is 3.31. The van der Waals surface area contributed by atoms with Crippen LogP contribution in [0.15, 0.2) is 48.8 Å². The molecule has 1 saturated heterocycles. The van der Waals surface area contributed by atoms with E-state index in [2.05, 4.69) is 49.8 Å². The number of carbonyl (C=O) groups is 1. The van der Waals surface area contributed by atoms with Gasteiger partial charge < -0.3 is 15.1 Å². The number of likely N-dealkylation sites (N-methyl/N-ethyl adjacent to an activating group) is 1. The summed E-state index contributed by atoms with van der Waals surface area (Å²) in [6, 6.07) is 13.4. The first-order valence-corrected chi connectivity index (χ1v) is 9.29. The molecule has 1 fully saturated rings. The molecule has 8 nitrogen and oxygen atoms in total. The predicted molar refractivity (Wildman–Crippen MR) is 108 cm³/mol. The molecule has 0 radical (unpaired) electrons. The van der Waals surface area contributed by atoms with E-state index in [-0.39, 0.29) is 5.91 Å². The minimum atomic E-state index is -0.162. The first kappa shape index (κ1) is 18.1. The van der Waals surface area contributed by atoms with Gasteiger partial charge in [-0.25, -0.2) is 4.68 Å². The Morgan fingerprint density at radius 1 is 1.04 bits per heavy atom. The van der Waals surface area contributed by atoms with Gasteiger partial charge in [-0.1, -0.05) is 6.07 Å². The van der Waals surface area contributed by atoms with Gasteiger partial charge in [-0.05, 0) is 66.4 Å². The molecule has 1 N–H and O–H groups in total. The van der Waals surface area contributed by atoms with E-state index in [1.54, 1.807) is 12.1 Å². The third-order valence-electron chi connectivity index (χ3n) is 5.05. The number of anilines is 2. The van der Waals surface area contributed by atoms with Gasteiger partial charge in [-0.15, -0.1) is 5.10 Å². The van der Waals surface area contributed by atoms with Gasteiger partial charge in [-0.3, -0.25) is 4.79 Å². The highest BCUT2D eigenvalue weighted by molar-refractivity contribution is 6.05. The van der Waals surface area contributed by atoms with Gasteiger partial charge in [0, 0.05) is 43.1 Å². The molecule has 1 aliphatic heterocycles. The van der Waals surface area contributed by atoms with Crippen LogP contribution in [0.2, 0.25) is 0 Å². The Balaban J connectivity index is 1.48. The number of rotatable bonds is 4. The summed E-state index contributed by atoms with van der Waals surface area (Å²) in [6.07, 6.45) is 1.50. The lowest BCUT2D eigenvalue weighted by molar-refractivity contribution is 0.102. The summed E-state index contributed by atoms with van der Waals surface area (Å²) < 4.78 is 1.52. The Morgan fingerprint density at radius 2 is 1.86 bits per heavy atom. The zero-order chi connectivity index (χ0) is 19.5. The molecule has 3 aromatic rings. The number of hydrogen-bond acceptors (Lipinski definition) is 6. The summed E-state index contributed by atoms with van der Waals surface area (Å²) >= 11 is 0. The number of aromatic nitrogens is 4. The second-order valence-corrected chi connectivity index (χ2v) is 7.05. The molecular formula is C20H23N7O. The second kappa shape index (κ2) is 7.77. The van der Waals surface area contributed by atoms with Gasteiger partial charge in [0.25, 0.3) is 5.91 Å². The van der Waals surface area contributed by atoms with E-state index in [9.17, 15) is 4.79 Å². The van der Waals surface area contributed by atoms with E-state index < -0.39 is 0 Å². The minimum absolute atomic E-state index is 0.162. The topological polar surface area (TPSA) is 79.2 Å². The zero-order valence-electron chi connectivity index (χ0n) is 16.0. The van der Waals surface area contributed by atoms with Crippen LogP contribution in [0.25, 0.3) is 5.69 Å². The number of carbonyl (C=O) groups excluding carboxylic acids is 1. The van der Waals surface area contributed by atoms with E-state index in [0.29, 0.717) is 5.56 Å². The molecule has 1 aromatic heterocycles. The zero-order valence-corrected chi connectivity index (χ0v) is 16.0. The van der Waals surface area contributed by atoms with Crippen LogP contribution in [-0.2, 0) is 0 Å². The van der Waals surface area contributed by atoms with Crippen LogP contribution in [0, 0.1) is 6.92 Å². The Hall–Kier alpha value is -3.26. The molecule has 2 heterocycles. The second-order valence-electron chi connectivity index (χ2n) is 7.05. The largest absolute Gasteiger partial charge is 0.369 e. The lowest BCUT2D eigenvalue weighted by Gasteiger charge is -2.34. The van der Waals surface area contributed by atoms with E-state index >= 15 is 0 Å². The maximum Gasteiger partial charge on any atom is 0.255 e. The number of hydrogen-bond donors (Lipinski definition) is 1. The molecule has 0 saturated carbocycles. The molecular weight excluding hydrogens is 354 g/mol. The number of amides is 1. The number of piperazine rings is 1. The van der Waals surface area contributed by atoms with Crippen molar-refractivity contribution in [3.63, 3.8) is 0 Å². The fourth-order valence-corrected chi connectivity index (χ4v) is 3.31. The molecule has 0 unspecified atom stereocenters. The highest BCUT2D eigenvalue weighted by Gasteiger charge is 2.15. The van der Waals surface area contributed by atoms with E-state index in [0.717, 1.165) is 43.1 Å². The van der Waals surface area contributed by atoms with Crippen molar-refractivity contribution < 1.29 is 4.79 Å². The molecule has 0 aliphatic carbocycles. The Morgan fingerprint density at radius 3 is 2.57 bits per heavy atom. The fraction of sp³-hybridized carbons (Fsp3) is 0.300. The number of benzene rings is 2.